The van der Waals surface area contributed by atoms with Gasteiger partial charge in [-0.25, -0.2) is 9.50 Å². The first-order valence-electron chi connectivity index (χ1n) is 7.89. The number of halogens is 3. The van der Waals surface area contributed by atoms with Crippen molar-refractivity contribution in [1.29, 1.82) is 0 Å². The lowest BCUT2D eigenvalue weighted by Crippen LogP contribution is -2.14. The van der Waals surface area contributed by atoms with Crippen LogP contribution >= 0.6 is 0 Å². The molecule has 0 aliphatic heterocycles. The molecule has 0 radical (unpaired) electrons. The van der Waals surface area contributed by atoms with Crippen LogP contribution in [0.3, 0.4) is 0 Å². The minimum absolute atomic E-state index is 0.155. The summed E-state index contributed by atoms with van der Waals surface area (Å²) >= 11 is 0. The highest BCUT2D eigenvalue weighted by atomic mass is 19.4. The Kier molecular flexibility index (Phi) is 3.72. The number of hydrogen-bond acceptors (Lipinski definition) is 3. The van der Waals surface area contributed by atoms with E-state index in [-0.39, 0.29) is 11.3 Å². The fourth-order valence-corrected chi connectivity index (χ4v) is 2.91. The van der Waals surface area contributed by atoms with E-state index in [9.17, 15) is 13.2 Å². The van der Waals surface area contributed by atoms with Crippen LogP contribution in [0.5, 0.6) is 0 Å². The number of aromatic nitrogens is 4. The molecule has 4 aromatic rings. The maximum Gasteiger partial charge on any atom is 0.433 e. The highest BCUT2D eigenvalue weighted by molar-refractivity contribution is 5.81. The number of benzene rings is 1. The molecule has 0 N–H and O–H groups in total. The molecule has 0 atom stereocenters. The molecule has 3 heterocycles. The van der Waals surface area contributed by atoms with Gasteiger partial charge in [0.1, 0.15) is 0 Å². The number of rotatable bonds is 2. The van der Waals surface area contributed by atoms with Crippen LogP contribution in [-0.4, -0.2) is 19.6 Å². The molecule has 4 rings (SSSR count). The molecule has 0 spiro atoms. The average Bonchev–Trinajstić information content (AvgIpc) is 2.97. The summed E-state index contributed by atoms with van der Waals surface area (Å²) in [6, 6.07) is 15.2. The van der Waals surface area contributed by atoms with E-state index in [4.69, 9.17) is 0 Å². The molecule has 7 heteroatoms. The van der Waals surface area contributed by atoms with E-state index >= 15 is 0 Å². The smallest absolute Gasteiger partial charge is 0.255 e. The summed E-state index contributed by atoms with van der Waals surface area (Å²) in [5.74, 6) is 0. The molecule has 0 saturated carbocycles. The van der Waals surface area contributed by atoms with Gasteiger partial charge in [-0.15, -0.1) is 0 Å². The zero-order chi connectivity index (χ0) is 18.3. The number of fused-ring (bicyclic) bond motifs is 1. The molecule has 3 aromatic heterocycles. The number of nitrogens with zero attached hydrogens (tertiary/aromatic N) is 4. The van der Waals surface area contributed by atoms with Gasteiger partial charge in [-0.3, -0.25) is 4.98 Å². The first-order chi connectivity index (χ1) is 12.4. The Morgan fingerprint density at radius 2 is 1.65 bits per heavy atom. The maximum atomic E-state index is 13.6. The van der Waals surface area contributed by atoms with E-state index in [0.29, 0.717) is 17.0 Å². The van der Waals surface area contributed by atoms with Crippen LogP contribution in [-0.2, 0) is 6.18 Å². The summed E-state index contributed by atoms with van der Waals surface area (Å²) in [6.07, 6.45) is -3.05. The van der Waals surface area contributed by atoms with Gasteiger partial charge in [0, 0.05) is 11.8 Å². The Morgan fingerprint density at radius 3 is 2.31 bits per heavy atom. The largest absolute Gasteiger partial charge is 0.433 e. The molecule has 1 aromatic carbocycles. The average molecular weight is 354 g/mol. The SMILES string of the molecule is Cc1nn2c(C(F)(F)F)cc(-c3ccccn3)nc2c1-c1ccccc1. The number of pyridine rings is 1. The Morgan fingerprint density at radius 1 is 0.923 bits per heavy atom. The van der Waals surface area contributed by atoms with Gasteiger partial charge >= 0.3 is 6.18 Å². The van der Waals surface area contributed by atoms with Crippen LogP contribution in [0.15, 0.2) is 60.8 Å². The molecule has 130 valence electrons. The topological polar surface area (TPSA) is 43.1 Å². The van der Waals surface area contributed by atoms with Gasteiger partial charge < -0.3 is 0 Å². The van der Waals surface area contributed by atoms with Gasteiger partial charge in [-0.05, 0) is 30.7 Å². The lowest BCUT2D eigenvalue weighted by molar-refractivity contribution is -0.142. The normalized spacial score (nSPS) is 11.8. The van der Waals surface area contributed by atoms with Crippen LogP contribution in [0.1, 0.15) is 11.4 Å². The van der Waals surface area contributed by atoms with Crippen molar-refractivity contribution in [3.05, 3.63) is 72.2 Å². The van der Waals surface area contributed by atoms with Crippen LogP contribution in [0.25, 0.3) is 28.2 Å². The van der Waals surface area contributed by atoms with Gasteiger partial charge in [-0.1, -0.05) is 36.4 Å². The second kappa shape index (κ2) is 5.94. The molecule has 0 unspecified atom stereocenters. The van der Waals surface area contributed by atoms with Crippen molar-refractivity contribution in [2.75, 3.05) is 0 Å². The summed E-state index contributed by atoms with van der Waals surface area (Å²) in [5.41, 5.74) is 1.62. The van der Waals surface area contributed by atoms with Gasteiger partial charge in [0.2, 0.25) is 0 Å². The summed E-state index contributed by atoms with van der Waals surface area (Å²) < 4.78 is 41.8. The van der Waals surface area contributed by atoms with Crippen molar-refractivity contribution in [3.63, 3.8) is 0 Å². The number of aryl methyl sites for hydroxylation is 1. The molecular formula is C19H13F3N4. The van der Waals surface area contributed by atoms with Crippen molar-refractivity contribution in [3.8, 4) is 22.5 Å². The zero-order valence-corrected chi connectivity index (χ0v) is 13.7. The van der Waals surface area contributed by atoms with Crippen molar-refractivity contribution < 1.29 is 13.2 Å². The highest BCUT2D eigenvalue weighted by Gasteiger charge is 2.36. The lowest BCUT2D eigenvalue weighted by atomic mass is 10.1. The molecule has 0 bridgehead atoms. The van der Waals surface area contributed by atoms with E-state index in [0.717, 1.165) is 16.1 Å². The maximum absolute atomic E-state index is 13.6. The minimum atomic E-state index is -4.57. The van der Waals surface area contributed by atoms with E-state index < -0.39 is 11.9 Å². The summed E-state index contributed by atoms with van der Waals surface area (Å²) in [4.78, 5) is 8.58. The second-order valence-electron chi connectivity index (χ2n) is 5.80. The van der Waals surface area contributed by atoms with Crippen LogP contribution in [0.2, 0.25) is 0 Å². The molecule has 0 saturated heterocycles. The van der Waals surface area contributed by atoms with Gasteiger partial charge in [0.15, 0.2) is 11.3 Å². The Hall–Kier alpha value is -3.22. The van der Waals surface area contributed by atoms with E-state index in [2.05, 4.69) is 15.1 Å². The Bertz CT molecular complexity index is 1070. The standard InChI is InChI=1S/C19H13F3N4/c1-12-17(13-7-3-2-4-8-13)18-24-15(14-9-5-6-10-23-14)11-16(19(20,21)22)26(18)25-12/h2-11H,1H3. The third kappa shape index (κ3) is 2.71. The van der Waals surface area contributed by atoms with Crippen molar-refractivity contribution >= 4 is 5.65 Å². The zero-order valence-electron chi connectivity index (χ0n) is 13.7. The van der Waals surface area contributed by atoms with Crippen molar-refractivity contribution in [2.45, 2.75) is 13.1 Å². The molecule has 0 fully saturated rings. The summed E-state index contributed by atoms with van der Waals surface area (Å²) in [7, 11) is 0. The van der Waals surface area contributed by atoms with E-state index in [1.54, 1.807) is 25.1 Å². The summed E-state index contributed by atoms with van der Waals surface area (Å²) in [6.45, 7) is 1.68. The van der Waals surface area contributed by atoms with Gasteiger partial charge in [0.05, 0.1) is 17.1 Å². The monoisotopic (exact) mass is 354 g/mol. The predicted molar refractivity (Wildman–Crippen MR) is 91.4 cm³/mol. The van der Waals surface area contributed by atoms with Crippen LogP contribution in [0.4, 0.5) is 13.2 Å². The molecule has 0 aliphatic carbocycles. The first kappa shape index (κ1) is 16.3. The third-order valence-electron chi connectivity index (χ3n) is 4.04. The molecule has 26 heavy (non-hydrogen) atoms. The fourth-order valence-electron chi connectivity index (χ4n) is 2.91. The predicted octanol–water partition coefficient (Wildman–Crippen LogP) is 4.79. The highest BCUT2D eigenvalue weighted by Crippen LogP contribution is 2.35. The van der Waals surface area contributed by atoms with E-state index in [1.165, 1.54) is 6.20 Å². The van der Waals surface area contributed by atoms with Gasteiger partial charge in [0.25, 0.3) is 0 Å². The fraction of sp³-hybridized carbons (Fsp3) is 0.105. The Labute approximate surface area is 147 Å². The Balaban J connectivity index is 2.08. The molecule has 0 amide bonds. The van der Waals surface area contributed by atoms with E-state index in [1.807, 2.05) is 30.3 Å². The number of alkyl halides is 3. The van der Waals surface area contributed by atoms with Crippen molar-refractivity contribution in [1.82, 2.24) is 19.6 Å². The number of hydrogen-bond donors (Lipinski definition) is 0. The van der Waals surface area contributed by atoms with Crippen LogP contribution in [0, 0.1) is 6.92 Å². The van der Waals surface area contributed by atoms with Crippen LogP contribution < -0.4 is 0 Å². The van der Waals surface area contributed by atoms with Gasteiger partial charge in [-0.2, -0.15) is 18.3 Å². The molecular weight excluding hydrogens is 341 g/mol. The third-order valence-corrected chi connectivity index (χ3v) is 4.04. The lowest BCUT2D eigenvalue weighted by Gasteiger charge is -2.11. The molecule has 0 aliphatic rings. The first-order valence-corrected chi connectivity index (χ1v) is 7.89. The summed E-state index contributed by atoms with van der Waals surface area (Å²) in [5, 5.41) is 4.10. The quantitative estimate of drug-likeness (QED) is 0.520. The molecule has 4 nitrogen and oxygen atoms in total. The van der Waals surface area contributed by atoms with Crippen molar-refractivity contribution in [2.24, 2.45) is 0 Å². The minimum Gasteiger partial charge on any atom is -0.255 e. The second-order valence-corrected chi connectivity index (χ2v) is 5.80.